The molecule has 2 heteroatoms. The lowest BCUT2D eigenvalue weighted by Gasteiger charge is -2.24. The Hall–Kier alpha value is -1.28. The summed E-state index contributed by atoms with van der Waals surface area (Å²) in [4.78, 5) is 0. The van der Waals surface area contributed by atoms with Crippen molar-refractivity contribution in [3.05, 3.63) is 48.2 Å². The highest BCUT2D eigenvalue weighted by Gasteiger charge is 2.17. The second-order valence-corrected chi connectivity index (χ2v) is 7.74. The topological polar surface area (TPSA) is 24.1 Å². The van der Waals surface area contributed by atoms with Crippen molar-refractivity contribution in [2.24, 2.45) is 10.8 Å². The molecule has 0 saturated carbocycles. The van der Waals surface area contributed by atoms with Crippen molar-refractivity contribution in [3.63, 3.8) is 0 Å². The van der Waals surface area contributed by atoms with Crippen molar-refractivity contribution in [1.29, 1.82) is 0 Å². The summed E-state index contributed by atoms with van der Waals surface area (Å²) >= 11 is 0. The molecule has 0 saturated heterocycles. The van der Waals surface area contributed by atoms with Crippen LogP contribution >= 0.6 is 0 Å². The van der Waals surface area contributed by atoms with Crippen LogP contribution in [0.5, 0.6) is 0 Å². The second-order valence-electron chi connectivity index (χ2n) is 7.74. The molecule has 0 spiro atoms. The van der Waals surface area contributed by atoms with Crippen LogP contribution in [-0.2, 0) is 0 Å². The zero-order valence-corrected chi connectivity index (χ0v) is 25.9. The van der Waals surface area contributed by atoms with Crippen molar-refractivity contribution in [2.45, 2.75) is 123 Å². The molecule has 0 fully saturated rings. The van der Waals surface area contributed by atoms with Crippen LogP contribution in [0.25, 0.3) is 0 Å². The molecule has 0 radical (unpaired) electrons. The van der Waals surface area contributed by atoms with Crippen molar-refractivity contribution >= 4 is 0 Å². The third kappa shape index (κ3) is 28.7. The van der Waals surface area contributed by atoms with Crippen LogP contribution in [0, 0.1) is 10.8 Å². The van der Waals surface area contributed by atoms with Crippen LogP contribution in [0.1, 0.15) is 117 Å². The molecule has 0 aliphatic carbocycles. The number of nitrogens with one attached hydrogen (secondary N) is 2. The Balaban J connectivity index is -0.000000147. The maximum absolute atomic E-state index is 3.96. The van der Waals surface area contributed by atoms with Gasteiger partial charge < -0.3 is 10.6 Å². The first-order valence-corrected chi connectivity index (χ1v) is 13.1. The van der Waals surface area contributed by atoms with Crippen LogP contribution in [0.3, 0.4) is 0 Å². The average Bonchev–Trinajstić information content (AvgIpc) is 2.80. The van der Waals surface area contributed by atoms with E-state index in [4.69, 9.17) is 0 Å². The fourth-order valence-corrected chi connectivity index (χ4v) is 2.16. The Morgan fingerprint density at radius 3 is 1.34 bits per heavy atom. The predicted molar refractivity (Wildman–Crippen MR) is 158 cm³/mol. The van der Waals surface area contributed by atoms with E-state index in [-0.39, 0.29) is 10.8 Å². The maximum Gasteiger partial charge on any atom is 0.0287 e. The minimum Gasteiger partial charge on any atom is -0.394 e. The van der Waals surface area contributed by atoms with Gasteiger partial charge in [-0.05, 0) is 47.7 Å². The van der Waals surface area contributed by atoms with E-state index in [1.54, 1.807) is 0 Å². The quantitative estimate of drug-likeness (QED) is 0.374. The molecule has 0 aliphatic heterocycles. The van der Waals surface area contributed by atoms with Crippen molar-refractivity contribution in [2.75, 3.05) is 14.1 Å². The summed E-state index contributed by atoms with van der Waals surface area (Å²) in [5, 5.41) is 6.46. The molecular weight excluding hydrogens is 388 g/mol. The minimum absolute atomic E-state index is 0.124. The molecule has 0 aromatic heterocycles. The standard InChI is InChI=1S/C20H36N2.5C2H6/c1-10-16(19(2,3)4)15-18(22-9)12-11-17(13-14-21-8)20(5,6)7;5*1-2/h10-11,13-15,18,21-22H,1,12H2,2-9H3;5*1-2H3/b14-13-,16-15+,17-11+;;;;;. The van der Waals surface area contributed by atoms with Gasteiger partial charge in [-0.25, -0.2) is 0 Å². The lowest BCUT2D eigenvalue weighted by molar-refractivity contribution is 0.504. The molecule has 1 atom stereocenters. The van der Waals surface area contributed by atoms with E-state index in [0.29, 0.717) is 6.04 Å². The lowest BCUT2D eigenvalue weighted by atomic mass is 9.83. The van der Waals surface area contributed by atoms with Gasteiger partial charge in [-0.3, -0.25) is 0 Å². The van der Waals surface area contributed by atoms with Crippen LogP contribution in [-0.4, -0.2) is 20.1 Å². The van der Waals surface area contributed by atoms with Gasteiger partial charge in [0.1, 0.15) is 0 Å². The number of likely N-dealkylation sites (N-methyl/N-ethyl adjacent to an activating group) is 1. The molecule has 0 aromatic carbocycles. The highest BCUT2D eigenvalue weighted by atomic mass is 14.9. The molecule has 2 N–H and O–H groups in total. The summed E-state index contributed by atoms with van der Waals surface area (Å²) in [5.41, 5.74) is 2.88. The maximum atomic E-state index is 3.96. The molecule has 196 valence electrons. The SMILES string of the molecule is C=C/C(=C\C(C/C=C(\C=C/NC)C(C)(C)C)NC)C(C)(C)C.CC.CC.CC.CC.CC. The van der Waals surface area contributed by atoms with Gasteiger partial charge in [0.2, 0.25) is 0 Å². The van der Waals surface area contributed by atoms with E-state index in [9.17, 15) is 0 Å². The summed E-state index contributed by atoms with van der Waals surface area (Å²) in [5.74, 6) is 0. The van der Waals surface area contributed by atoms with Crippen molar-refractivity contribution in [1.82, 2.24) is 10.6 Å². The van der Waals surface area contributed by atoms with Gasteiger partial charge in [-0.2, -0.15) is 0 Å². The predicted octanol–water partition coefficient (Wildman–Crippen LogP) is 9.96. The number of hydrogen-bond acceptors (Lipinski definition) is 2. The Bertz CT molecular complexity index is 427. The fraction of sp³-hybridized carbons (Fsp3) is 0.733. The van der Waals surface area contributed by atoms with E-state index in [2.05, 4.69) is 77.0 Å². The second kappa shape index (κ2) is 31.9. The number of hydrogen-bond donors (Lipinski definition) is 2. The third-order valence-corrected chi connectivity index (χ3v) is 3.72. The molecule has 1 unspecified atom stereocenters. The fourth-order valence-electron chi connectivity index (χ4n) is 2.16. The Kier molecular flexibility index (Phi) is 44.3. The van der Waals surface area contributed by atoms with Crippen LogP contribution in [0.2, 0.25) is 0 Å². The van der Waals surface area contributed by atoms with Gasteiger partial charge in [0.25, 0.3) is 0 Å². The van der Waals surface area contributed by atoms with Gasteiger partial charge >= 0.3 is 0 Å². The highest BCUT2D eigenvalue weighted by Crippen LogP contribution is 2.28. The molecule has 0 aliphatic rings. The first-order valence-electron chi connectivity index (χ1n) is 13.1. The molecule has 0 amide bonds. The van der Waals surface area contributed by atoms with Crippen molar-refractivity contribution in [3.8, 4) is 0 Å². The average molecular weight is 455 g/mol. The molecular formula is C30H66N2. The molecule has 0 aromatic rings. The monoisotopic (exact) mass is 455 g/mol. The smallest absolute Gasteiger partial charge is 0.0287 e. The number of rotatable bonds is 7. The zero-order valence-electron chi connectivity index (χ0n) is 25.9. The van der Waals surface area contributed by atoms with Gasteiger partial charge in [-0.15, -0.1) is 0 Å². The van der Waals surface area contributed by atoms with E-state index in [1.807, 2.05) is 95.6 Å². The molecule has 0 rings (SSSR count). The summed E-state index contributed by atoms with van der Waals surface area (Å²) in [6.45, 7) is 37.4. The van der Waals surface area contributed by atoms with E-state index in [1.165, 1.54) is 11.1 Å². The Morgan fingerprint density at radius 2 is 1.09 bits per heavy atom. The Morgan fingerprint density at radius 1 is 0.719 bits per heavy atom. The lowest BCUT2D eigenvalue weighted by Crippen LogP contribution is -2.24. The summed E-state index contributed by atoms with van der Waals surface area (Å²) in [6.07, 6.45) is 11.7. The minimum atomic E-state index is 0.124. The molecule has 32 heavy (non-hydrogen) atoms. The zero-order chi connectivity index (χ0) is 27.4. The largest absolute Gasteiger partial charge is 0.394 e. The third-order valence-electron chi connectivity index (χ3n) is 3.72. The van der Waals surface area contributed by atoms with Crippen LogP contribution in [0.15, 0.2) is 48.2 Å². The normalized spacial score (nSPS) is 11.9. The van der Waals surface area contributed by atoms with Crippen LogP contribution in [0.4, 0.5) is 0 Å². The van der Waals surface area contributed by atoms with Crippen LogP contribution < -0.4 is 10.6 Å². The highest BCUT2D eigenvalue weighted by molar-refractivity contribution is 5.28. The van der Waals surface area contributed by atoms with Crippen molar-refractivity contribution < 1.29 is 0 Å². The van der Waals surface area contributed by atoms with Gasteiger partial charge in [-0.1, -0.05) is 136 Å². The first kappa shape index (κ1) is 44.4. The summed E-state index contributed by atoms with van der Waals surface area (Å²) in [7, 11) is 3.94. The Labute approximate surface area is 207 Å². The molecule has 0 heterocycles. The summed E-state index contributed by atoms with van der Waals surface area (Å²) in [6, 6.07) is 0.313. The van der Waals surface area contributed by atoms with Gasteiger partial charge in [0.05, 0.1) is 0 Å². The summed E-state index contributed by atoms with van der Waals surface area (Å²) < 4.78 is 0. The van der Waals surface area contributed by atoms with E-state index in [0.717, 1.165) is 6.42 Å². The van der Waals surface area contributed by atoms with E-state index < -0.39 is 0 Å². The number of allylic oxidation sites excluding steroid dienone is 4. The molecule has 2 nitrogen and oxygen atoms in total. The molecule has 0 bridgehead atoms. The van der Waals surface area contributed by atoms with Gasteiger partial charge in [0.15, 0.2) is 0 Å². The van der Waals surface area contributed by atoms with Gasteiger partial charge in [0, 0.05) is 13.1 Å². The first-order chi connectivity index (χ1) is 15.1. The van der Waals surface area contributed by atoms with E-state index >= 15 is 0 Å².